The number of fused-ring (bicyclic) bond motifs is 1. The lowest BCUT2D eigenvalue weighted by Crippen LogP contribution is -1.85. The molecule has 13 heavy (non-hydrogen) atoms. The summed E-state index contributed by atoms with van der Waals surface area (Å²) in [6.45, 7) is 0. The Hall–Kier alpha value is -0.480. The molecule has 0 saturated heterocycles. The molecule has 2 nitrogen and oxygen atoms in total. The van der Waals surface area contributed by atoms with Crippen LogP contribution in [0.5, 0.6) is 0 Å². The second-order valence-electron chi connectivity index (χ2n) is 2.72. The molecule has 2 aromatic rings. The molecule has 0 bridgehead atoms. The lowest BCUT2D eigenvalue weighted by Gasteiger charge is -1.91. The van der Waals surface area contributed by atoms with E-state index in [1.807, 2.05) is 18.2 Å². The van der Waals surface area contributed by atoms with E-state index in [2.05, 4.69) is 33.7 Å². The minimum absolute atomic E-state index is 0.786. The molecule has 0 amide bonds. The average Bonchev–Trinajstić information content (AvgIpc) is 2.51. The van der Waals surface area contributed by atoms with Crippen LogP contribution >= 0.6 is 28.6 Å². The van der Waals surface area contributed by atoms with Gasteiger partial charge >= 0.3 is 0 Å². The van der Waals surface area contributed by atoms with Gasteiger partial charge in [-0.05, 0) is 33.8 Å². The molecule has 1 aromatic carbocycles. The third kappa shape index (κ3) is 1.60. The number of benzene rings is 1. The van der Waals surface area contributed by atoms with Gasteiger partial charge in [0.25, 0.3) is 0 Å². The normalized spacial score (nSPS) is 10.9. The smallest absolute Gasteiger partial charge is 0.181 e. The van der Waals surface area contributed by atoms with Gasteiger partial charge in [0, 0.05) is 11.8 Å². The van der Waals surface area contributed by atoms with E-state index in [1.54, 1.807) is 0 Å². The first kappa shape index (κ1) is 9.09. The van der Waals surface area contributed by atoms with Gasteiger partial charge in [-0.3, -0.25) is 0 Å². The highest BCUT2D eigenvalue weighted by atomic mass is 79.9. The van der Waals surface area contributed by atoms with Crippen LogP contribution in [-0.4, -0.2) is 10.9 Å². The number of para-hydroxylation sites is 1. The van der Waals surface area contributed by atoms with Gasteiger partial charge in [0.05, 0.1) is 10.2 Å². The molecule has 0 saturated carbocycles. The van der Waals surface area contributed by atoms with E-state index in [4.69, 9.17) is 4.52 Å². The third-order valence-corrected chi connectivity index (χ3v) is 2.72. The number of thiol groups is 1. The first-order valence-corrected chi connectivity index (χ1v) is 5.39. The van der Waals surface area contributed by atoms with Crippen LogP contribution in [0.4, 0.5) is 0 Å². The molecule has 0 aliphatic heterocycles. The predicted octanol–water partition coefficient (Wildman–Crippen LogP) is 3.06. The number of nitrogens with zero attached hydrogens (tertiary/aromatic N) is 1. The van der Waals surface area contributed by atoms with Crippen LogP contribution in [-0.2, 0) is 6.42 Å². The number of aromatic nitrogens is 1. The van der Waals surface area contributed by atoms with Crippen molar-refractivity contribution >= 4 is 39.5 Å². The van der Waals surface area contributed by atoms with Gasteiger partial charge in [0.1, 0.15) is 0 Å². The molecule has 0 radical (unpaired) electrons. The van der Waals surface area contributed by atoms with Gasteiger partial charge in [-0.1, -0.05) is 11.2 Å². The zero-order valence-corrected chi connectivity index (χ0v) is 9.31. The molecule has 1 aromatic heterocycles. The summed E-state index contributed by atoms with van der Waals surface area (Å²) in [4.78, 5) is 0. The number of rotatable bonds is 2. The molecule has 0 fully saturated rings. The van der Waals surface area contributed by atoms with Crippen molar-refractivity contribution < 1.29 is 4.52 Å². The molecule has 0 unspecified atom stereocenters. The van der Waals surface area contributed by atoms with Gasteiger partial charge in [0.2, 0.25) is 0 Å². The number of halogens is 1. The van der Waals surface area contributed by atoms with Gasteiger partial charge in [-0.25, -0.2) is 0 Å². The monoisotopic (exact) mass is 257 g/mol. The first-order valence-electron chi connectivity index (χ1n) is 3.96. The van der Waals surface area contributed by atoms with Crippen LogP contribution in [0.25, 0.3) is 11.0 Å². The molecule has 0 atom stereocenters. The quantitative estimate of drug-likeness (QED) is 0.838. The Morgan fingerprint density at radius 2 is 2.31 bits per heavy atom. The molecule has 0 aliphatic carbocycles. The fourth-order valence-electron chi connectivity index (χ4n) is 1.26. The highest BCUT2D eigenvalue weighted by Crippen LogP contribution is 2.26. The Bertz CT molecular complexity index is 426. The summed E-state index contributed by atoms with van der Waals surface area (Å²) in [6, 6.07) is 5.93. The zero-order valence-electron chi connectivity index (χ0n) is 6.83. The van der Waals surface area contributed by atoms with E-state index in [-0.39, 0.29) is 0 Å². The van der Waals surface area contributed by atoms with Crippen molar-refractivity contribution in [3.63, 3.8) is 0 Å². The Morgan fingerprint density at radius 3 is 3.08 bits per heavy atom. The van der Waals surface area contributed by atoms with Gasteiger partial charge < -0.3 is 4.52 Å². The zero-order chi connectivity index (χ0) is 9.26. The molecule has 0 spiro atoms. The fraction of sp³-hybridized carbons (Fsp3) is 0.222. The van der Waals surface area contributed by atoms with E-state index in [0.29, 0.717) is 0 Å². The molecule has 68 valence electrons. The van der Waals surface area contributed by atoms with Crippen molar-refractivity contribution in [1.29, 1.82) is 0 Å². The van der Waals surface area contributed by atoms with Crippen molar-refractivity contribution in [2.24, 2.45) is 0 Å². The maximum atomic E-state index is 5.20. The Kier molecular flexibility index (Phi) is 2.60. The summed E-state index contributed by atoms with van der Waals surface area (Å²) >= 11 is 7.57. The summed E-state index contributed by atoms with van der Waals surface area (Å²) in [6.07, 6.45) is 0.840. The van der Waals surface area contributed by atoms with E-state index < -0.39 is 0 Å². The molecule has 4 heteroatoms. The van der Waals surface area contributed by atoms with Crippen LogP contribution in [0.15, 0.2) is 27.2 Å². The Labute approximate surface area is 89.8 Å². The summed E-state index contributed by atoms with van der Waals surface area (Å²) in [5, 5.41) is 5.06. The standard InChI is InChI=1S/C9H8BrNOS/c10-7-3-1-2-6-8(4-5-13)11-12-9(6)7/h1-3,13H,4-5H2. The lowest BCUT2D eigenvalue weighted by molar-refractivity contribution is 0.446. The second-order valence-corrected chi connectivity index (χ2v) is 4.02. The maximum Gasteiger partial charge on any atom is 0.181 e. The van der Waals surface area contributed by atoms with E-state index >= 15 is 0 Å². The maximum absolute atomic E-state index is 5.20. The molecule has 1 heterocycles. The van der Waals surface area contributed by atoms with Gasteiger partial charge in [0.15, 0.2) is 5.58 Å². The summed E-state index contributed by atoms with van der Waals surface area (Å²) < 4.78 is 6.15. The predicted molar refractivity (Wildman–Crippen MR) is 59.3 cm³/mol. The Morgan fingerprint density at radius 1 is 1.46 bits per heavy atom. The van der Waals surface area contributed by atoms with Gasteiger partial charge in [-0.2, -0.15) is 12.6 Å². The van der Waals surface area contributed by atoms with Crippen LogP contribution in [0.2, 0.25) is 0 Å². The molecule has 0 aliphatic rings. The third-order valence-electron chi connectivity index (χ3n) is 1.87. The highest BCUT2D eigenvalue weighted by molar-refractivity contribution is 9.10. The Balaban J connectivity index is 2.61. The van der Waals surface area contributed by atoms with Crippen molar-refractivity contribution in [2.45, 2.75) is 6.42 Å². The van der Waals surface area contributed by atoms with Crippen LogP contribution in [0.1, 0.15) is 5.69 Å². The number of hydrogen-bond donors (Lipinski definition) is 1. The minimum atomic E-state index is 0.786. The van der Waals surface area contributed by atoms with Crippen LogP contribution in [0, 0.1) is 0 Å². The van der Waals surface area contributed by atoms with Crippen molar-refractivity contribution in [3.05, 3.63) is 28.4 Å². The second kappa shape index (κ2) is 3.72. The molecular formula is C9H8BrNOS. The number of aryl methyl sites for hydroxylation is 1. The topological polar surface area (TPSA) is 26.0 Å². The van der Waals surface area contributed by atoms with E-state index in [9.17, 15) is 0 Å². The minimum Gasteiger partial charge on any atom is -0.355 e. The van der Waals surface area contributed by atoms with Crippen LogP contribution < -0.4 is 0 Å². The summed E-state index contributed by atoms with van der Waals surface area (Å²) in [7, 11) is 0. The summed E-state index contributed by atoms with van der Waals surface area (Å²) in [5.41, 5.74) is 1.80. The van der Waals surface area contributed by atoms with Crippen molar-refractivity contribution in [2.75, 3.05) is 5.75 Å². The fourth-order valence-corrected chi connectivity index (χ4v) is 1.92. The average molecular weight is 258 g/mol. The van der Waals surface area contributed by atoms with Crippen LogP contribution in [0.3, 0.4) is 0 Å². The SMILES string of the molecule is SCCc1noc2c(Br)cccc12. The first-order chi connectivity index (χ1) is 6.33. The number of hydrogen-bond acceptors (Lipinski definition) is 3. The largest absolute Gasteiger partial charge is 0.355 e. The summed E-state index contributed by atoms with van der Waals surface area (Å²) in [5.74, 6) is 0.786. The molecular weight excluding hydrogens is 250 g/mol. The highest BCUT2D eigenvalue weighted by Gasteiger charge is 2.08. The van der Waals surface area contributed by atoms with Crippen molar-refractivity contribution in [1.82, 2.24) is 5.16 Å². The van der Waals surface area contributed by atoms with Crippen molar-refractivity contribution in [3.8, 4) is 0 Å². The van der Waals surface area contributed by atoms with Gasteiger partial charge in [-0.15, -0.1) is 0 Å². The van der Waals surface area contributed by atoms with E-state index in [0.717, 1.165) is 33.3 Å². The van der Waals surface area contributed by atoms with E-state index in [1.165, 1.54) is 0 Å². The molecule has 0 N–H and O–H groups in total. The lowest BCUT2D eigenvalue weighted by atomic mass is 10.2. The molecule has 2 rings (SSSR count).